The molecule has 1 unspecified atom stereocenters. The minimum absolute atomic E-state index is 0.315. The van der Waals surface area contributed by atoms with Crippen LogP contribution in [0, 0.1) is 6.92 Å². The Kier molecular flexibility index (Phi) is 5.83. The number of nitrogens with one attached hydrogen (secondary N) is 1. The van der Waals surface area contributed by atoms with Crippen LogP contribution in [0.25, 0.3) is 0 Å². The predicted octanol–water partition coefficient (Wildman–Crippen LogP) is 2.01. The summed E-state index contributed by atoms with van der Waals surface area (Å²) in [5.41, 5.74) is 5.99. The Morgan fingerprint density at radius 1 is 1.37 bits per heavy atom. The van der Waals surface area contributed by atoms with Crippen LogP contribution in [0.3, 0.4) is 0 Å². The third-order valence-corrected chi connectivity index (χ3v) is 3.22. The van der Waals surface area contributed by atoms with Crippen molar-refractivity contribution in [3.05, 3.63) is 29.8 Å². The van der Waals surface area contributed by atoms with Crippen molar-refractivity contribution in [2.75, 3.05) is 13.2 Å². The molecule has 0 saturated carbocycles. The van der Waals surface area contributed by atoms with Crippen LogP contribution in [-0.2, 0) is 4.79 Å². The molecule has 0 aromatic heterocycles. The number of hydrogen-bond donors (Lipinski definition) is 2. The molecule has 0 radical (unpaired) electrons. The molecular weight excluding hydrogens is 240 g/mol. The van der Waals surface area contributed by atoms with Gasteiger partial charge in [0.2, 0.25) is 5.91 Å². The molecule has 4 nitrogen and oxygen atoms in total. The first-order valence-electron chi connectivity index (χ1n) is 6.72. The number of likely N-dealkylation sites (N-methyl/N-ethyl adjacent to an activating group) is 1. The molecule has 4 heteroatoms. The van der Waals surface area contributed by atoms with Gasteiger partial charge in [0.25, 0.3) is 0 Å². The van der Waals surface area contributed by atoms with Gasteiger partial charge in [0.1, 0.15) is 5.75 Å². The zero-order chi connectivity index (χ0) is 14.3. The fourth-order valence-electron chi connectivity index (χ4n) is 1.94. The summed E-state index contributed by atoms with van der Waals surface area (Å²) >= 11 is 0. The van der Waals surface area contributed by atoms with Crippen molar-refractivity contribution in [3.8, 4) is 5.75 Å². The molecule has 106 valence electrons. The number of carbonyl (C=O) groups excluding carboxylic acids is 1. The molecule has 1 rings (SSSR count). The zero-order valence-electron chi connectivity index (χ0n) is 12.0. The molecule has 0 aliphatic rings. The smallest absolute Gasteiger partial charge is 0.237 e. The Morgan fingerprint density at radius 3 is 2.53 bits per heavy atom. The quantitative estimate of drug-likeness (QED) is 0.706. The van der Waals surface area contributed by atoms with E-state index in [1.165, 1.54) is 5.56 Å². The average Bonchev–Trinajstić information content (AvgIpc) is 2.37. The van der Waals surface area contributed by atoms with Gasteiger partial charge in [-0.2, -0.15) is 0 Å². The molecule has 0 fully saturated rings. The van der Waals surface area contributed by atoms with Crippen LogP contribution in [-0.4, -0.2) is 24.6 Å². The number of ether oxygens (including phenoxy) is 1. The van der Waals surface area contributed by atoms with Crippen molar-refractivity contribution in [2.24, 2.45) is 5.73 Å². The van der Waals surface area contributed by atoms with Crippen molar-refractivity contribution >= 4 is 5.91 Å². The highest BCUT2D eigenvalue weighted by Gasteiger charge is 2.28. The second kappa shape index (κ2) is 7.14. The number of carbonyl (C=O) groups is 1. The maximum absolute atomic E-state index is 11.4. The summed E-state index contributed by atoms with van der Waals surface area (Å²) < 4.78 is 5.63. The van der Waals surface area contributed by atoms with E-state index in [0.717, 1.165) is 18.7 Å². The van der Waals surface area contributed by atoms with E-state index in [-0.39, 0.29) is 5.91 Å². The van der Waals surface area contributed by atoms with E-state index in [0.29, 0.717) is 13.0 Å². The fraction of sp³-hybridized carbons (Fsp3) is 0.533. The Balaban J connectivity index is 2.36. The lowest BCUT2D eigenvalue weighted by Gasteiger charge is -2.26. The van der Waals surface area contributed by atoms with Gasteiger partial charge in [-0.3, -0.25) is 4.79 Å². The minimum atomic E-state index is -0.647. The summed E-state index contributed by atoms with van der Waals surface area (Å²) in [6.07, 6.45) is 1.45. The van der Waals surface area contributed by atoms with E-state index in [2.05, 4.69) is 5.32 Å². The predicted molar refractivity (Wildman–Crippen MR) is 77.2 cm³/mol. The molecule has 1 aromatic rings. The first-order valence-corrected chi connectivity index (χ1v) is 6.72. The van der Waals surface area contributed by atoms with E-state index < -0.39 is 5.54 Å². The minimum Gasteiger partial charge on any atom is -0.494 e. The summed E-state index contributed by atoms with van der Waals surface area (Å²) in [4.78, 5) is 11.4. The summed E-state index contributed by atoms with van der Waals surface area (Å²) in [7, 11) is 0. The van der Waals surface area contributed by atoms with E-state index in [9.17, 15) is 4.79 Å². The number of primary amides is 1. The summed E-state index contributed by atoms with van der Waals surface area (Å²) in [5, 5.41) is 3.13. The third kappa shape index (κ3) is 4.91. The van der Waals surface area contributed by atoms with Crippen LogP contribution in [0.5, 0.6) is 5.75 Å². The molecule has 0 saturated heterocycles. The van der Waals surface area contributed by atoms with Gasteiger partial charge in [-0.1, -0.05) is 24.6 Å². The lowest BCUT2D eigenvalue weighted by molar-refractivity contribution is -0.124. The molecule has 0 bridgehead atoms. The normalized spacial score (nSPS) is 13.8. The van der Waals surface area contributed by atoms with E-state index in [1.54, 1.807) is 0 Å². The van der Waals surface area contributed by atoms with Crippen LogP contribution in [0.2, 0.25) is 0 Å². The second-order valence-electron chi connectivity index (χ2n) is 4.99. The van der Waals surface area contributed by atoms with Gasteiger partial charge in [-0.25, -0.2) is 0 Å². The molecule has 0 aliphatic carbocycles. The van der Waals surface area contributed by atoms with Crippen LogP contribution in [0.1, 0.15) is 32.3 Å². The number of aryl methyl sites for hydroxylation is 1. The molecule has 19 heavy (non-hydrogen) atoms. The lowest BCUT2D eigenvalue weighted by atomic mass is 9.95. The SMILES string of the molecule is CCNC(C)(CCCOc1ccc(C)cc1)C(N)=O. The van der Waals surface area contributed by atoms with Crippen LogP contribution >= 0.6 is 0 Å². The summed E-state index contributed by atoms with van der Waals surface area (Å²) in [6, 6.07) is 7.93. The lowest BCUT2D eigenvalue weighted by Crippen LogP contribution is -2.53. The highest BCUT2D eigenvalue weighted by molar-refractivity contribution is 5.84. The summed E-state index contributed by atoms with van der Waals surface area (Å²) in [5.74, 6) is 0.541. The van der Waals surface area contributed by atoms with Gasteiger partial charge < -0.3 is 15.8 Å². The van der Waals surface area contributed by atoms with E-state index >= 15 is 0 Å². The van der Waals surface area contributed by atoms with Gasteiger partial charge in [0.15, 0.2) is 0 Å². The standard InChI is InChI=1S/C15H24N2O2/c1-4-17-15(3,14(16)18)10-5-11-19-13-8-6-12(2)7-9-13/h6-9,17H,4-5,10-11H2,1-3H3,(H2,16,18). The first kappa shape index (κ1) is 15.5. The van der Waals surface area contributed by atoms with Crippen LogP contribution < -0.4 is 15.8 Å². The van der Waals surface area contributed by atoms with Gasteiger partial charge >= 0.3 is 0 Å². The van der Waals surface area contributed by atoms with E-state index in [1.807, 2.05) is 45.0 Å². The van der Waals surface area contributed by atoms with Gasteiger partial charge in [-0.15, -0.1) is 0 Å². The monoisotopic (exact) mass is 264 g/mol. The highest BCUT2D eigenvalue weighted by Crippen LogP contribution is 2.15. The molecule has 0 spiro atoms. The topological polar surface area (TPSA) is 64.3 Å². The van der Waals surface area contributed by atoms with Gasteiger partial charge in [0.05, 0.1) is 12.1 Å². The average molecular weight is 264 g/mol. The van der Waals surface area contributed by atoms with Crippen molar-refractivity contribution < 1.29 is 9.53 Å². The third-order valence-electron chi connectivity index (χ3n) is 3.22. The largest absolute Gasteiger partial charge is 0.494 e. The van der Waals surface area contributed by atoms with Crippen LogP contribution in [0.4, 0.5) is 0 Å². The zero-order valence-corrected chi connectivity index (χ0v) is 12.0. The summed E-state index contributed by atoms with van der Waals surface area (Å²) in [6.45, 7) is 7.14. The Labute approximate surface area is 115 Å². The number of hydrogen-bond acceptors (Lipinski definition) is 3. The highest BCUT2D eigenvalue weighted by atomic mass is 16.5. The van der Waals surface area contributed by atoms with Crippen molar-refractivity contribution in [3.63, 3.8) is 0 Å². The second-order valence-corrected chi connectivity index (χ2v) is 4.99. The van der Waals surface area contributed by atoms with Crippen molar-refractivity contribution in [1.82, 2.24) is 5.32 Å². The van der Waals surface area contributed by atoms with Crippen molar-refractivity contribution in [1.29, 1.82) is 0 Å². The van der Waals surface area contributed by atoms with Crippen molar-refractivity contribution in [2.45, 2.75) is 39.2 Å². The molecule has 1 atom stereocenters. The van der Waals surface area contributed by atoms with Crippen LogP contribution in [0.15, 0.2) is 24.3 Å². The maximum Gasteiger partial charge on any atom is 0.237 e. The molecular formula is C15H24N2O2. The Bertz CT molecular complexity index is 403. The van der Waals surface area contributed by atoms with Gasteiger partial charge in [0, 0.05) is 0 Å². The fourth-order valence-corrected chi connectivity index (χ4v) is 1.94. The maximum atomic E-state index is 11.4. The first-order chi connectivity index (χ1) is 8.98. The number of benzene rings is 1. The molecule has 0 aliphatic heterocycles. The van der Waals surface area contributed by atoms with Gasteiger partial charge in [-0.05, 0) is 45.4 Å². The Morgan fingerprint density at radius 2 is 2.00 bits per heavy atom. The number of amides is 1. The molecule has 3 N–H and O–H groups in total. The van der Waals surface area contributed by atoms with E-state index in [4.69, 9.17) is 10.5 Å². The molecule has 1 aromatic carbocycles. The Hall–Kier alpha value is -1.55. The molecule has 1 amide bonds. The number of rotatable bonds is 8. The molecule has 0 heterocycles. The number of nitrogens with two attached hydrogens (primary N) is 1.